The molecule has 0 unspecified atom stereocenters. The first-order valence-electron chi connectivity index (χ1n) is 6.26. The molecule has 0 saturated heterocycles. The maximum atomic E-state index is 5.75. The van der Waals surface area contributed by atoms with Crippen molar-refractivity contribution in [1.29, 1.82) is 0 Å². The smallest absolute Gasteiger partial charge is 0.0534 e. The summed E-state index contributed by atoms with van der Waals surface area (Å²) in [6.45, 7) is 11.3. The standard InChI is InChI=1S/C13H26N4.ClH/c1-11(2)17-8-12(6-15-17)7-16(5)10-13(3,4)9-14;/h6,8,11H,7,9-10,14H2,1-5H3;1H. The van der Waals surface area contributed by atoms with Crippen molar-refractivity contribution in [3.8, 4) is 0 Å². The van der Waals surface area contributed by atoms with Crippen molar-refractivity contribution in [2.75, 3.05) is 20.1 Å². The van der Waals surface area contributed by atoms with Crippen LogP contribution in [0.4, 0.5) is 0 Å². The number of halogens is 1. The van der Waals surface area contributed by atoms with Crippen LogP contribution in [0.2, 0.25) is 0 Å². The second kappa shape index (κ2) is 7.12. The zero-order valence-electron chi connectivity index (χ0n) is 12.2. The van der Waals surface area contributed by atoms with Gasteiger partial charge in [0.05, 0.1) is 6.20 Å². The zero-order chi connectivity index (χ0) is 13.1. The van der Waals surface area contributed by atoms with E-state index < -0.39 is 0 Å². The molecule has 4 nitrogen and oxygen atoms in total. The lowest BCUT2D eigenvalue weighted by Crippen LogP contribution is -2.36. The average Bonchev–Trinajstić information content (AvgIpc) is 2.65. The fourth-order valence-corrected chi connectivity index (χ4v) is 1.90. The van der Waals surface area contributed by atoms with Crippen LogP contribution < -0.4 is 5.73 Å². The highest BCUT2D eigenvalue weighted by Gasteiger charge is 2.18. The second-order valence-corrected chi connectivity index (χ2v) is 5.96. The first kappa shape index (κ1) is 17.4. The summed E-state index contributed by atoms with van der Waals surface area (Å²) in [5, 5.41) is 4.35. The topological polar surface area (TPSA) is 47.1 Å². The molecule has 0 amide bonds. The van der Waals surface area contributed by atoms with E-state index in [0.717, 1.165) is 13.1 Å². The fourth-order valence-electron chi connectivity index (χ4n) is 1.90. The lowest BCUT2D eigenvalue weighted by Gasteiger charge is -2.28. The molecule has 106 valence electrons. The minimum atomic E-state index is 0. The van der Waals surface area contributed by atoms with Crippen molar-refractivity contribution in [1.82, 2.24) is 14.7 Å². The molecule has 1 rings (SSSR count). The Balaban J connectivity index is 0.00000289. The Bertz CT molecular complexity index is 347. The molecule has 1 aromatic rings. The summed E-state index contributed by atoms with van der Waals surface area (Å²) in [6.07, 6.45) is 4.07. The van der Waals surface area contributed by atoms with Crippen molar-refractivity contribution >= 4 is 12.4 Å². The van der Waals surface area contributed by atoms with Crippen molar-refractivity contribution in [3.63, 3.8) is 0 Å². The Hall–Kier alpha value is -0.580. The Morgan fingerprint density at radius 2 is 2.06 bits per heavy atom. The minimum Gasteiger partial charge on any atom is -0.330 e. The number of hydrogen-bond donors (Lipinski definition) is 1. The number of rotatable bonds is 6. The van der Waals surface area contributed by atoms with Crippen LogP contribution in [-0.2, 0) is 6.54 Å². The van der Waals surface area contributed by atoms with E-state index in [1.165, 1.54) is 5.56 Å². The van der Waals surface area contributed by atoms with Gasteiger partial charge in [-0.2, -0.15) is 5.10 Å². The van der Waals surface area contributed by atoms with Crippen molar-refractivity contribution in [3.05, 3.63) is 18.0 Å². The Morgan fingerprint density at radius 1 is 1.44 bits per heavy atom. The van der Waals surface area contributed by atoms with E-state index in [2.05, 4.69) is 50.9 Å². The van der Waals surface area contributed by atoms with E-state index in [9.17, 15) is 0 Å². The van der Waals surface area contributed by atoms with Gasteiger partial charge in [-0.1, -0.05) is 13.8 Å². The summed E-state index contributed by atoms with van der Waals surface area (Å²) >= 11 is 0. The SMILES string of the molecule is CC(C)n1cc(CN(C)CC(C)(C)CN)cn1.Cl. The van der Waals surface area contributed by atoms with Gasteiger partial charge in [0.2, 0.25) is 0 Å². The molecule has 0 radical (unpaired) electrons. The van der Waals surface area contributed by atoms with Crippen LogP contribution in [0.25, 0.3) is 0 Å². The lowest BCUT2D eigenvalue weighted by molar-refractivity contribution is 0.210. The highest BCUT2D eigenvalue weighted by Crippen LogP contribution is 2.15. The number of hydrogen-bond acceptors (Lipinski definition) is 3. The molecule has 18 heavy (non-hydrogen) atoms. The van der Waals surface area contributed by atoms with Gasteiger partial charge < -0.3 is 10.6 Å². The number of nitrogens with zero attached hydrogens (tertiary/aromatic N) is 3. The average molecular weight is 275 g/mol. The molecule has 0 aliphatic rings. The predicted molar refractivity (Wildman–Crippen MR) is 79.0 cm³/mol. The van der Waals surface area contributed by atoms with E-state index in [1.54, 1.807) is 0 Å². The van der Waals surface area contributed by atoms with Crippen molar-refractivity contribution in [2.24, 2.45) is 11.1 Å². The molecular weight excluding hydrogens is 248 g/mol. The van der Waals surface area contributed by atoms with Crippen LogP contribution in [-0.4, -0.2) is 34.8 Å². The zero-order valence-corrected chi connectivity index (χ0v) is 13.0. The Labute approximate surface area is 117 Å². The molecule has 0 atom stereocenters. The van der Waals surface area contributed by atoms with E-state index in [4.69, 9.17) is 5.73 Å². The van der Waals surface area contributed by atoms with E-state index >= 15 is 0 Å². The largest absolute Gasteiger partial charge is 0.330 e. The fraction of sp³-hybridized carbons (Fsp3) is 0.769. The summed E-state index contributed by atoms with van der Waals surface area (Å²) in [6, 6.07) is 0.425. The van der Waals surface area contributed by atoms with Gasteiger partial charge in [-0.3, -0.25) is 4.68 Å². The third-order valence-corrected chi connectivity index (χ3v) is 2.89. The maximum Gasteiger partial charge on any atom is 0.0534 e. The molecule has 0 bridgehead atoms. The molecule has 0 spiro atoms. The van der Waals surface area contributed by atoms with E-state index in [-0.39, 0.29) is 17.8 Å². The van der Waals surface area contributed by atoms with E-state index in [1.807, 2.05) is 10.9 Å². The molecule has 0 aromatic carbocycles. The Morgan fingerprint density at radius 3 is 2.50 bits per heavy atom. The van der Waals surface area contributed by atoms with Crippen LogP contribution in [0.5, 0.6) is 0 Å². The minimum absolute atomic E-state index is 0. The van der Waals surface area contributed by atoms with Crippen LogP contribution in [0.3, 0.4) is 0 Å². The molecule has 1 heterocycles. The van der Waals surface area contributed by atoms with Gasteiger partial charge in [0.25, 0.3) is 0 Å². The summed E-state index contributed by atoms with van der Waals surface area (Å²) in [7, 11) is 2.13. The normalized spacial score (nSPS) is 12.0. The molecule has 0 fully saturated rings. The van der Waals surface area contributed by atoms with Crippen LogP contribution in [0, 0.1) is 5.41 Å². The molecule has 2 N–H and O–H groups in total. The summed E-state index contributed by atoms with van der Waals surface area (Å²) in [5.74, 6) is 0. The Kier molecular flexibility index (Phi) is 6.89. The summed E-state index contributed by atoms with van der Waals surface area (Å²) < 4.78 is 2.00. The van der Waals surface area contributed by atoms with Crippen LogP contribution in [0.15, 0.2) is 12.4 Å². The van der Waals surface area contributed by atoms with Crippen molar-refractivity contribution in [2.45, 2.75) is 40.3 Å². The number of aromatic nitrogens is 2. The first-order chi connectivity index (χ1) is 7.84. The van der Waals surface area contributed by atoms with Crippen LogP contribution in [0.1, 0.15) is 39.3 Å². The van der Waals surface area contributed by atoms with Crippen molar-refractivity contribution < 1.29 is 0 Å². The first-order valence-corrected chi connectivity index (χ1v) is 6.26. The molecule has 0 aliphatic carbocycles. The lowest BCUT2D eigenvalue weighted by atomic mass is 9.93. The summed E-state index contributed by atoms with van der Waals surface area (Å²) in [5.41, 5.74) is 7.18. The number of nitrogens with two attached hydrogens (primary N) is 1. The van der Waals surface area contributed by atoms with Gasteiger partial charge in [-0.25, -0.2) is 0 Å². The second-order valence-electron chi connectivity index (χ2n) is 5.96. The highest BCUT2D eigenvalue weighted by atomic mass is 35.5. The third-order valence-electron chi connectivity index (χ3n) is 2.89. The molecular formula is C13H27ClN4. The quantitative estimate of drug-likeness (QED) is 0.866. The van der Waals surface area contributed by atoms with Gasteiger partial charge in [-0.15, -0.1) is 12.4 Å². The summed E-state index contributed by atoms with van der Waals surface area (Å²) in [4.78, 5) is 2.30. The molecule has 0 saturated carbocycles. The molecule has 1 aromatic heterocycles. The van der Waals surface area contributed by atoms with Gasteiger partial charge in [-0.05, 0) is 32.9 Å². The van der Waals surface area contributed by atoms with Gasteiger partial charge in [0, 0.05) is 30.9 Å². The maximum absolute atomic E-state index is 5.75. The van der Waals surface area contributed by atoms with Gasteiger partial charge >= 0.3 is 0 Å². The van der Waals surface area contributed by atoms with Gasteiger partial charge in [0.15, 0.2) is 0 Å². The van der Waals surface area contributed by atoms with E-state index in [0.29, 0.717) is 12.6 Å². The van der Waals surface area contributed by atoms with Crippen LogP contribution >= 0.6 is 12.4 Å². The third kappa shape index (κ3) is 5.38. The highest BCUT2D eigenvalue weighted by molar-refractivity contribution is 5.85. The molecule has 5 heteroatoms. The molecule has 0 aliphatic heterocycles. The monoisotopic (exact) mass is 274 g/mol. The predicted octanol–water partition coefficient (Wildman–Crippen LogP) is 2.30. The van der Waals surface area contributed by atoms with Gasteiger partial charge in [0.1, 0.15) is 0 Å².